The van der Waals surface area contributed by atoms with Gasteiger partial charge in [-0.3, -0.25) is 0 Å². The molecule has 1 fully saturated rings. The highest BCUT2D eigenvalue weighted by molar-refractivity contribution is 5.44. The van der Waals surface area contributed by atoms with E-state index in [-0.39, 0.29) is 0 Å². The van der Waals surface area contributed by atoms with E-state index in [9.17, 15) is 0 Å². The van der Waals surface area contributed by atoms with E-state index in [4.69, 9.17) is 0 Å². The van der Waals surface area contributed by atoms with Gasteiger partial charge in [0, 0.05) is 11.1 Å². The lowest BCUT2D eigenvalue weighted by Gasteiger charge is -2.29. The largest absolute Gasteiger partial charge is 0.0654 e. The van der Waals surface area contributed by atoms with Crippen LogP contribution in [0.2, 0.25) is 0 Å². The minimum atomic E-state index is 0.758. The summed E-state index contributed by atoms with van der Waals surface area (Å²) < 4.78 is 0. The molecule has 2 aromatic rings. The third kappa shape index (κ3) is 8.22. The molecule has 0 atom stereocenters. The van der Waals surface area contributed by atoms with Gasteiger partial charge in [-0.15, -0.1) is 0 Å². The molecule has 2 aromatic carbocycles. The summed E-state index contributed by atoms with van der Waals surface area (Å²) in [6.07, 6.45) is 17.7. The standard InChI is InChI=1S/C31H42/c1-3-5-7-9-11-27-18-22-30(23-19-27)31-24-20-29(21-25-31)17-16-28-14-12-26(13-15-28)10-8-6-4-2/h12-15,20-21,24-25,27,30H,3-11,18-19,22-23H2,1-2H3. The van der Waals surface area contributed by atoms with Gasteiger partial charge in [-0.25, -0.2) is 0 Å². The minimum Gasteiger partial charge on any atom is -0.0654 e. The number of benzene rings is 2. The van der Waals surface area contributed by atoms with Crippen LogP contribution in [0.25, 0.3) is 0 Å². The maximum atomic E-state index is 3.35. The third-order valence-electron chi connectivity index (χ3n) is 7.07. The number of hydrogen-bond acceptors (Lipinski definition) is 0. The van der Waals surface area contributed by atoms with Gasteiger partial charge >= 0.3 is 0 Å². The molecule has 0 bridgehead atoms. The van der Waals surface area contributed by atoms with Crippen molar-refractivity contribution in [1.29, 1.82) is 0 Å². The van der Waals surface area contributed by atoms with Crippen LogP contribution in [-0.4, -0.2) is 0 Å². The van der Waals surface area contributed by atoms with E-state index >= 15 is 0 Å². The molecule has 0 heterocycles. The molecule has 166 valence electrons. The lowest BCUT2D eigenvalue weighted by molar-refractivity contribution is 0.302. The minimum absolute atomic E-state index is 0.758. The Balaban J connectivity index is 1.46. The smallest absolute Gasteiger partial charge is 0.0249 e. The fraction of sp³-hybridized carbons (Fsp3) is 0.548. The molecule has 0 aliphatic heterocycles. The fourth-order valence-corrected chi connectivity index (χ4v) is 4.96. The summed E-state index contributed by atoms with van der Waals surface area (Å²) in [6.45, 7) is 4.56. The second-order valence-corrected chi connectivity index (χ2v) is 9.59. The lowest BCUT2D eigenvalue weighted by atomic mass is 9.77. The summed E-state index contributed by atoms with van der Waals surface area (Å²) in [5.41, 5.74) is 5.19. The van der Waals surface area contributed by atoms with Crippen molar-refractivity contribution in [2.75, 3.05) is 0 Å². The van der Waals surface area contributed by atoms with E-state index in [0.29, 0.717) is 0 Å². The first kappa shape index (κ1) is 23.7. The van der Waals surface area contributed by atoms with Crippen LogP contribution in [0.5, 0.6) is 0 Å². The van der Waals surface area contributed by atoms with Crippen molar-refractivity contribution < 1.29 is 0 Å². The fourth-order valence-electron chi connectivity index (χ4n) is 4.96. The molecule has 0 N–H and O–H groups in total. The van der Waals surface area contributed by atoms with Gasteiger partial charge in [0.25, 0.3) is 0 Å². The number of rotatable bonds is 10. The summed E-state index contributed by atoms with van der Waals surface area (Å²) in [7, 11) is 0. The van der Waals surface area contributed by atoms with Crippen molar-refractivity contribution in [3.8, 4) is 11.8 Å². The summed E-state index contributed by atoms with van der Waals surface area (Å²) in [5, 5.41) is 0. The maximum absolute atomic E-state index is 3.35. The highest BCUT2D eigenvalue weighted by atomic mass is 14.3. The molecule has 0 radical (unpaired) electrons. The van der Waals surface area contributed by atoms with E-state index in [1.165, 1.54) is 94.6 Å². The molecule has 0 amide bonds. The van der Waals surface area contributed by atoms with Crippen molar-refractivity contribution in [3.63, 3.8) is 0 Å². The van der Waals surface area contributed by atoms with Crippen LogP contribution >= 0.6 is 0 Å². The number of unbranched alkanes of at least 4 members (excludes halogenated alkanes) is 5. The van der Waals surface area contributed by atoms with E-state index in [1.54, 1.807) is 0 Å². The first-order valence-corrected chi connectivity index (χ1v) is 13.0. The van der Waals surface area contributed by atoms with Crippen molar-refractivity contribution in [2.24, 2.45) is 5.92 Å². The number of aryl methyl sites for hydroxylation is 1. The van der Waals surface area contributed by atoms with Gasteiger partial charge in [0.2, 0.25) is 0 Å². The van der Waals surface area contributed by atoms with Crippen LogP contribution < -0.4 is 0 Å². The molecular weight excluding hydrogens is 372 g/mol. The predicted molar refractivity (Wildman–Crippen MR) is 136 cm³/mol. The Labute approximate surface area is 191 Å². The summed E-state index contributed by atoms with van der Waals surface area (Å²) in [4.78, 5) is 0. The van der Waals surface area contributed by atoms with Crippen LogP contribution in [0.15, 0.2) is 48.5 Å². The molecule has 0 saturated heterocycles. The average molecular weight is 415 g/mol. The van der Waals surface area contributed by atoms with Gasteiger partial charge in [-0.1, -0.05) is 94.9 Å². The second kappa shape index (κ2) is 13.4. The third-order valence-corrected chi connectivity index (χ3v) is 7.07. The Morgan fingerprint density at radius 1 is 0.645 bits per heavy atom. The molecule has 1 aliphatic carbocycles. The zero-order valence-corrected chi connectivity index (χ0v) is 20.0. The van der Waals surface area contributed by atoms with E-state index in [2.05, 4.69) is 74.2 Å². The molecule has 0 nitrogen and oxygen atoms in total. The molecular formula is C31H42. The summed E-state index contributed by atoms with van der Waals surface area (Å²) in [6, 6.07) is 17.9. The predicted octanol–water partition coefficient (Wildman–Crippen LogP) is 9.06. The first-order valence-electron chi connectivity index (χ1n) is 13.0. The summed E-state index contributed by atoms with van der Waals surface area (Å²) in [5.74, 6) is 8.43. The Kier molecular flexibility index (Phi) is 10.2. The number of hydrogen-bond donors (Lipinski definition) is 0. The van der Waals surface area contributed by atoms with E-state index in [1.807, 2.05) is 0 Å². The Morgan fingerprint density at radius 2 is 1.23 bits per heavy atom. The van der Waals surface area contributed by atoms with Crippen molar-refractivity contribution >= 4 is 0 Å². The van der Waals surface area contributed by atoms with Crippen LogP contribution in [0.3, 0.4) is 0 Å². The Bertz CT molecular complexity index is 792. The van der Waals surface area contributed by atoms with Crippen molar-refractivity contribution in [3.05, 3.63) is 70.8 Å². The van der Waals surface area contributed by atoms with Crippen molar-refractivity contribution in [2.45, 2.75) is 103 Å². The van der Waals surface area contributed by atoms with Gasteiger partial charge in [-0.05, 0) is 85.8 Å². The SMILES string of the molecule is CCCCCCC1CCC(c2ccc(C#Cc3ccc(CCCCC)cc3)cc2)CC1. The zero-order chi connectivity index (χ0) is 21.7. The average Bonchev–Trinajstić information content (AvgIpc) is 2.82. The molecule has 31 heavy (non-hydrogen) atoms. The maximum Gasteiger partial charge on any atom is 0.0249 e. The van der Waals surface area contributed by atoms with Gasteiger partial charge in [0.1, 0.15) is 0 Å². The topological polar surface area (TPSA) is 0 Å². The second-order valence-electron chi connectivity index (χ2n) is 9.59. The van der Waals surface area contributed by atoms with Crippen LogP contribution in [0.4, 0.5) is 0 Å². The molecule has 0 aromatic heterocycles. The van der Waals surface area contributed by atoms with Gasteiger partial charge in [0.15, 0.2) is 0 Å². The normalized spacial score (nSPS) is 18.4. The van der Waals surface area contributed by atoms with Crippen molar-refractivity contribution in [1.82, 2.24) is 0 Å². The quantitative estimate of drug-likeness (QED) is 0.268. The zero-order valence-electron chi connectivity index (χ0n) is 20.0. The Morgan fingerprint density at radius 3 is 1.84 bits per heavy atom. The van der Waals surface area contributed by atoms with Gasteiger partial charge < -0.3 is 0 Å². The van der Waals surface area contributed by atoms with E-state index in [0.717, 1.165) is 23.0 Å². The van der Waals surface area contributed by atoms with E-state index < -0.39 is 0 Å². The molecule has 0 spiro atoms. The molecule has 1 aliphatic rings. The molecule has 1 saturated carbocycles. The first-order chi connectivity index (χ1) is 15.3. The van der Waals surface area contributed by atoms with Crippen LogP contribution in [0, 0.1) is 17.8 Å². The molecule has 0 heteroatoms. The molecule has 0 unspecified atom stereocenters. The highest BCUT2D eigenvalue weighted by Crippen LogP contribution is 2.37. The lowest BCUT2D eigenvalue weighted by Crippen LogP contribution is -2.13. The van der Waals surface area contributed by atoms with Gasteiger partial charge in [0.05, 0.1) is 0 Å². The monoisotopic (exact) mass is 414 g/mol. The highest BCUT2D eigenvalue weighted by Gasteiger charge is 2.21. The summed E-state index contributed by atoms with van der Waals surface area (Å²) >= 11 is 0. The Hall–Kier alpha value is -2.00. The molecule has 3 rings (SSSR count). The van der Waals surface area contributed by atoms with Crippen LogP contribution in [0.1, 0.15) is 119 Å². The van der Waals surface area contributed by atoms with Crippen LogP contribution in [-0.2, 0) is 6.42 Å². The van der Waals surface area contributed by atoms with Gasteiger partial charge in [-0.2, -0.15) is 0 Å².